The molecule has 0 radical (unpaired) electrons. The average Bonchev–Trinajstić information content (AvgIpc) is 2.23. The van der Waals surface area contributed by atoms with Gasteiger partial charge in [0.25, 0.3) is 10.2 Å². The summed E-state index contributed by atoms with van der Waals surface area (Å²) in [6, 6.07) is 0. The largest absolute Gasteiger partial charge is 0.329 e. The lowest BCUT2D eigenvalue weighted by Gasteiger charge is -2.30. The van der Waals surface area contributed by atoms with E-state index in [-0.39, 0.29) is 0 Å². The normalized spacial score (nSPS) is 13.1. The van der Waals surface area contributed by atoms with Crippen molar-refractivity contribution in [1.29, 1.82) is 0 Å². The Labute approximate surface area is 93.0 Å². The Morgan fingerprint density at radius 3 is 2.07 bits per heavy atom. The highest BCUT2D eigenvalue weighted by Gasteiger charge is 2.29. The molecular weight excluding hydrogens is 214 g/mol. The molecule has 0 aliphatic heterocycles. The summed E-state index contributed by atoms with van der Waals surface area (Å²) >= 11 is 0. The molecular formula is C9H23N3O2S. The second-order valence-corrected chi connectivity index (χ2v) is 5.19. The number of nitrogens with one attached hydrogen (secondary N) is 2. The first kappa shape index (κ1) is 14.8. The third-order valence-electron chi connectivity index (χ3n) is 2.64. The fourth-order valence-corrected chi connectivity index (χ4v) is 2.77. The summed E-state index contributed by atoms with van der Waals surface area (Å²) in [4.78, 5) is 0. The van der Waals surface area contributed by atoms with Crippen molar-refractivity contribution in [1.82, 2.24) is 9.44 Å². The van der Waals surface area contributed by atoms with Crippen LogP contribution in [0.2, 0.25) is 0 Å². The molecule has 5 nitrogen and oxygen atoms in total. The van der Waals surface area contributed by atoms with E-state index in [4.69, 9.17) is 5.73 Å². The number of hydrogen-bond donors (Lipinski definition) is 3. The predicted octanol–water partition coefficient (Wildman–Crippen LogP) is 0.338. The van der Waals surface area contributed by atoms with Crippen LogP contribution in [-0.4, -0.2) is 27.0 Å². The SMILES string of the molecule is CCCNS(=O)(=O)NC(CC)(CC)CN. The van der Waals surface area contributed by atoms with E-state index in [2.05, 4.69) is 9.44 Å². The molecule has 0 saturated heterocycles. The summed E-state index contributed by atoms with van der Waals surface area (Å²) in [5.74, 6) is 0. The van der Waals surface area contributed by atoms with Crippen LogP contribution in [0.1, 0.15) is 40.0 Å². The lowest BCUT2D eigenvalue weighted by atomic mass is 9.95. The summed E-state index contributed by atoms with van der Waals surface area (Å²) in [7, 11) is -3.42. The predicted molar refractivity (Wildman–Crippen MR) is 62.7 cm³/mol. The Morgan fingerprint density at radius 2 is 1.73 bits per heavy atom. The van der Waals surface area contributed by atoms with Crippen molar-refractivity contribution in [3.63, 3.8) is 0 Å². The van der Waals surface area contributed by atoms with Crippen molar-refractivity contribution in [2.24, 2.45) is 5.73 Å². The van der Waals surface area contributed by atoms with Gasteiger partial charge >= 0.3 is 0 Å². The van der Waals surface area contributed by atoms with Crippen LogP contribution < -0.4 is 15.2 Å². The van der Waals surface area contributed by atoms with Gasteiger partial charge in [0.15, 0.2) is 0 Å². The number of rotatable bonds is 8. The molecule has 92 valence electrons. The van der Waals surface area contributed by atoms with Crippen LogP contribution in [0.25, 0.3) is 0 Å². The van der Waals surface area contributed by atoms with Crippen molar-refractivity contribution in [3.8, 4) is 0 Å². The fourth-order valence-electron chi connectivity index (χ4n) is 1.28. The lowest BCUT2D eigenvalue weighted by Crippen LogP contribution is -2.55. The Bertz CT molecular complexity index is 252. The van der Waals surface area contributed by atoms with Crippen molar-refractivity contribution < 1.29 is 8.42 Å². The van der Waals surface area contributed by atoms with E-state index in [1.165, 1.54) is 0 Å². The van der Waals surface area contributed by atoms with Crippen LogP contribution in [0.5, 0.6) is 0 Å². The highest BCUT2D eigenvalue weighted by atomic mass is 32.2. The molecule has 0 aromatic heterocycles. The second kappa shape index (κ2) is 6.42. The monoisotopic (exact) mass is 237 g/mol. The maximum absolute atomic E-state index is 11.6. The summed E-state index contributed by atoms with van der Waals surface area (Å²) in [6.07, 6.45) is 2.15. The van der Waals surface area contributed by atoms with Gasteiger partial charge in [-0.2, -0.15) is 13.1 Å². The maximum atomic E-state index is 11.6. The zero-order chi connectivity index (χ0) is 11.9. The maximum Gasteiger partial charge on any atom is 0.277 e. The Hall–Kier alpha value is -0.170. The van der Waals surface area contributed by atoms with Crippen molar-refractivity contribution in [2.45, 2.75) is 45.6 Å². The first-order valence-corrected chi connectivity index (χ1v) is 6.92. The minimum atomic E-state index is -3.42. The van der Waals surface area contributed by atoms with E-state index >= 15 is 0 Å². The molecule has 4 N–H and O–H groups in total. The Balaban J connectivity index is 4.52. The topological polar surface area (TPSA) is 84.2 Å². The van der Waals surface area contributed by atoms with Gasteiger partial charge in [0.05, 0.1) is 0 Å². The molecule has 0 bridgehead atoms. The third kappa shape index (κ3) is 4.92. The molecule has 0 fully saturated rings. The summed E-state index contributed by atoms with van der Waals surface area (Å²) in [5.41, 5.74) is 5.10. The van der Waals surface area contributed by atoms with Gasteiger partial charge in [-0.3, -0.25) is 0 Å². The highest BCUT2D eigenvalue weighted by molar-refractivity contribution is 7.87. The molecule has 15 heavy (non-hydrogen) atoms. The van der Waals surface area contributed by atoms with E-state index in [9.17, 15) is 8.42 Å². The Morgan fingerprint density at radius 1 is 1.20 bits per heavy atom. The minimum Gasteiger partial charge on any atom is -0.329 e. The van der Waals surface area contributed by atoms with Gasteiger partial charge in [-0.25, -0.2) is 4.72 Å². The standard InChI is InChI=1S/C9H23N3O2S/c1-4-7-11-15(13,14)12-9(5-2,6-3)8-10/h11-12H,4-8,10H2,1-3H3. The molecule has 0 aromatic rings. The molecule has 0 heterocycles. The van der Waals surface area contributed by atoms with Crippen LogP contribution in [0, 0.1) is 0 Å². The fraction of sp³-hybridized carbons (Fsp3) is 1.00. The molecule has 0 rings (SSSR count). The van der Waals surface area contributed by atoms with Crippen LogP contribution >= 0.6 is 0 Å². The van der Waals surface area contributed by atoms with Gasteiger partial charge in [-0.1, -0.05) is 20.8 Å². The molecule has 0 aliphatic carbocycles. The molecule has 0 unspecified atom stereocenters. The lowest BCUT2D eigenvalue weighted by molar-refractivity contribution is 0.361. The average molecular weight is 237 g/mol. The first-order valence-electron chi connectivity index (χ1n) is 5.44. The van der Waals surface area contributed by atoms with E-state index in [1.807, 2.05) is 20.8 Å². The van der Waals surface area contributed by atoms with E-state index in [0.717, 1.165) is 6.42 Å². The minimum absolute atomic E-state index is 0.313. The molecule has 0 saturated carbocycles. The van der Waals surface area contributed by atoms with Gasteiger partial charge in [0, 0.05) is 18.6 Å². The van der Waals surface area contributed by atoms with Crippen LogP contribution in [0.4, 0.5) is 0 Å². The van der Waals surface area contributed by atoms with Crippen molar-refractivity contribution in [3.05, 3.63) is 0 Å². The molecule has 0 aliphatic rings. The van der Waals surface area contributed by atoms with E-state index < -0.39 is 15.7 Å². The van der Waals surface area contributed by atoms with Crippen molar-refractivity contribution >= 4 is 10.2 Å². The summed E-state index contributed by atoms with van der Waals surface area (Å²) < 4.78 is 28.3. The van der Waals surface area contributed by atoms with Gasteiger partial charge in [-0.05, 0) is 19.3 Å². The molecule has 0 aromatic carbocycles. The van der Waals surface area contributed by atoms with Gasteiger partial charge in [-0.15, -0.1) is 0 Å². The van der Waals surface area contributed by atoms with E-state index in [1.54, 1.807) is 0 Å². The van der Waals surface area contributed by atoms with Gasteiger partial charge in [0.1, 0.15) is 0 Å². The highest BCUT2D eigenvalue weighted by Crippen LogP contribution is 2.13. The zero-order valence-electron chi connectivity index (χ0n) is 9.84. The quantitative estimate of drug-likeness (QED) is 0.569. The smallest absolute Gasteiger partial charge is 0.277 e. The summed E-state index contributed by atoms with van der Waals surface area (Å²) in [5, 5.41) is 0. The number of nitrogens with two attached hydrogens (primary N) is 1. The van der Waals surface area contributed by atoms with Crippen LogP contribution in [0.3, 0.4) is 0 Å². The third-order valence-corrected chi connectivity index (χ3v) is 3.92. The molecule has 0 amide bonds. The first-order chi connectivity index (χ1) is 6.95. The van der Waals surface area contributed by atoms with Gasteiger partial charge in [0.2, 0.25) is 0 Å². The molecule has 0 spiro atoms. The van der Waals surface area contributed by atoms with Crippen LogP contribution in [0.15, 0.2) is 0 Å². The Kier molecular flexibility index (Phi) is 6.35. The summed E-state index contributed by atoms with van der Waals surface area (Å²) in [6.45, 7) is 6.53. The molecule has 6 heteroatoms. The molecule has 0 atom stereocenters. The van der Waals surface area contributed by atoms with Crippen molar-refractivity contribution in [2.75, 3.05) is 13.1 Å². The zero-order valence-corrected chi connectivity index (χ0v) is 10.7. The van der Waals surface area contributed by atoms with Gasteiger partial charge < -0.3 is 5.73 Å². The van der Waals surface area contributed by atoms with Crippen LogP contribution in [-0.2, 0) is 10.2 Å². The number of hydrogen-bond acceptors (Lipinski definition) is 3. The van der Waals surface area contributed by atoms with E-state index in [0.29, 0.717) is 25.9 Å². The second-order valence-electron chi connectivity index (χ2n) is 3.69.